The molecular weight excluding hydrogens is 275 g/mol. The second kappa shape index (κ2) is 6.89. The van der Waals surface area contributed by atoms with Gasteiger partial charge in [-0.3, -0.25) is 9.42 Å². The first-order valence-corrected chi connectivity index (χ1v) is 8.26. The number of hydrogen-bond acceptors (Lipinski definition) is 3. The van der Waals surface area contributed by atoms with Crippen LogP contribution in [0.25, 0.3) is 10.8 Å². The molecule has 0 heterocycles. The van der Waals surface area contributed by atoms with E-state index in [1.54, 1.807) is 12.1 Å². The van der Waals surface area contributed by atoms with Crippen LogP contribution in [0.5, 0.6) is 5.75 Å². The van der Waals surface area contributed by atoms with E-state index in [2.05, 4.69) is 6.92 Å². The fraction of sp³-hybridized carbons (Fsp3) is 0.333. The van der Waals surface area contributed by atoms with E-state index in [4.69, 9.17) is 9.05 Å². The summed E-state index contributed by atoms with van der Waals surface area (Å²) < 4.78 is 22.1. The molecular formula is C15H19O4P. The molecule has 0 radical (unpaired) electrons. The van der Waals surface area contributed by atoms with E-state index in [0.29, 0.717) is 5.75 Å². The summed E-state index contributed by atoms with van der Waals surface area (Å²) in [4.78, 5) is 9.74. The summed E-state index contributed by atoms with van der Waals surface area (Å²) in [5.74, 6) is 0.365. The molecule has 2 rings (SSSR count). The number of phosphoric acid groups is 1. The van der Waals surface area contributed by atoms with Gasteiger partial charge in [-0.25, -0.2) is 4.57 Å². The molecule has 0 saturated heterocycles. The molecule has 2 aromatic rings. The highest BCUT2D eigenvalue weighted by atomic mass is 31.2. The van der Waals surface area contributed by atoms with Crippen LogP contribution in [0, 0.1) is 0 Å². The Labute approximate surface area is 119 Å². The van der Waals surface area contributed by atoms with Gasteiger partial charge in [0.2, 0.25) is 0 Å². The zero-order chi connectivity index (χ0) is 14.4. The van der Waals surface area contributed by atoms with Crippen LogP contribution in [0.3, 0.4) is 0 Å². The molecule has 0 bridgehead atoms. The SMILES string of the molecule is CCCCCOP(=O)(O)Oc1cccc2ccccc12. The van der Waals surface area contributed by atoms with Gasteiger partial charge in [-0.05, 0) is 17.9 Å². The van der Waals surface area contributed by atoms with Gasteiger partial charge in [-0.2, -0.15) is 0 Å². The molecule has 4 nitrogen and oxygen atoms in total. The second-order valence-corrected chi connectivity index (χ2v) is 5.96. The Morgan fingerprint density at radius 1 is 1.10 bits per heavy atom. The predicted octanol–water partition coefficient (Wildman–Crippen LogP) is 4.53. The standard InChI is InChI=1S/C15H19O4P/c1-2-3-6-12-18-20(16,17)19-15-11-7-9-13-8-4-5-10-14(13)15/h4-5,7-11H,2-3,6,12H2,1H3,(H,16,17). The number of fused-ring (bicyclic) bond motifs is 1. The van der Waals surface area contributed by atoms with E-state index in [9.17, 15) is 9.46 Å². The van der Waals surface area contributed by atoms with Crippen LogP contribution >= 0.6 is 7.82 Å². The normalized spacial score (nSPS) is 14.1. The molecule has 20 heavy (non-hydrogen) atoms. The van der Waals surface area contributed by atoms with Crippen molar-refractivity contribution in [2.75, 3.05) is 6.61 Å². The minimum Gasteiger partial charge on any atom is -0.403 e. The van der Waals surface area contributed by atoms with Gasteiger partial charge in [-0.15, -0.1) is 0 Å². The van der Waals surface area contributed by atoms with Crippen molar-refractivity contribution in [3.63, 3.8) is 0 Å². The quantitative estimate of drug-likeness (QED) is 0.602. The molecule has 0 saturated carbocycles. The molecule has 1 N–H and O–H groups in total. The Kier molecular flexibility index (Phi) is 5.18. The van der Waals surface area contributed by atoms with Crippen molar-refractivity contribution in [1.82, 2.24) is 0 Å². The Bertz CT molecular complexity index is 606. The molecule has 0 amide bonds. The van der Waals surface area contributed by atoms with E-state index in [0.717, 1.165) is 30.0 Å². The van der Waals surface area contributed by atoms with Gasteiger partial charge < -0.3 is 4.52 Å². The van der Waals surface area contributed by atoms with Crippen LogP contribution in [0.4, 0.5) is 0 Å². The maximum Gasteiger partial charge on any atom is 0.527 e. The molecule has 5 heteroatoms. The van der Waals surface area contributed by atoms with Gasteiger partial charge in [0, 0.05) is 5.39 Å². The van der Waals surface area contributed by atoms with E-state index < -0.39 is 7.82 Å². The van der Waals surface area contributed by atoms with Crippen molar-refractivity contribution in [3.8, 4) is 5.75 Å². The van der Waals surface area contributed by atoms with Gasteiger partial charge in [0.1, 0.15) is 5.75 Å². The number of rotatable bonds is 7. The fourth-order valence-corrected chi connectivity index (χ4v) is 2.78. The van der Waals surface area contributed by atoms with Crippen molar-refractivity contribution >= 4 is 18.6 Å². The predicted molar refractivity (Wildman–Crippen MR) is 79.9 cm³/mol. The fourth-order valence-electron chi connectivity index (χ4n) is 1.96. The lowest BCUT2D eigenvalue weighted by Gasteiger charge is -2.14. The Balaban J connectivity index is 2.09. The Hall–Kier alpha value is -1.35. The summed E-state index contributed by atoms with van der Waals surface area (Å²) in [5.41, 5.74) is 0. The van der Waals surface area contributed by atoms with Gasteiger partial charge in [0.15, 0.2) is 0 Å². The summed E-state index contributed by atoms with van der Waals surface area (Å²) in [5, 5.41) is 1.75. The Morgan fingerprint density at radius 3 is 2.65 bits per heavy atom. The van der Waals surface area contributed by atoms with Crippen molar-refractivity contribution < 1.29 is 18.5 Å². The highest BCUT2D eigenvalue weighted by molar-refractivity contribution is 7.47. The highest BCUT2D eigenvalue weighted by Gasteiger charge is 2.23. The van der Waals surface area contributed by atoms with Gasteiger partial charge >= 0.3 is 7.82 Å². The third-order valence-electron chi connectivity index (χ3n) is 2.97. The Morgan fingerprint density at radius 2 is 1.85 bits per heavy atom. The minimum absolute atomic E-state index is 0.229. The molecule has 2 aromatic carbocycles. The van der Waals surface area contributed by atoms with Gasteiger partial charge in [0.25, 0.3) is 0 Å². The highest BCUT2D eigenvalue weighted by Crippen LogP contribution is 2.45. The molecule has 0 aromatic heterocycles. The minimum atomic E-state index is -4.06. The first kappa shape index (κ1) is 15.0. The maximum absolute atomic E-state index is 11.9. The molecule has 0 spiro atoms. The summed E-state index contributed by atoms with van der Waals surface area (Å²) in [6, 6.07) is 12.9. The number of hydrogen-bond donors (Lipinski definition) is 1. The molecule has 0 aliphatic rings. The van der Waals surface area contributed by atoms with Crippen LogP contribution < -0.4 is 4.52 Å². The molecule has 0 aliphatic carbocycles. The topological polar surface area (TPSA) is 55.8 Å². The van der Waals surface area contributed by atoms with Crippen LogP contribution in [0.1, 0.15) is 26.2 Å². The first-order valence-electron chi connectivity index (χ1n) is 6.77. The van der Waals surface area contributed by atoms with E-state index in [1.807, 2.05) is 30.3 Å². The van der Waals surface area contributed by atoms with Crippen molar-refractivity contribution in [2.24, 2.45) is 0 Å². The van der Waals surface area contributed by atoms with Gasteiger partial charge in [-0.1, -0.05) is 56.2 Å². The first-order chi connectivity index (χ1) is 9.62. The monoisotopic (exact) mass is 294 g/mol. The zero-order valence-electron chi connectivity index (χ0n) is 11.5. The summed E-state index contributed by atoms with van der Waals surface area (Å²) in [6.07, 6.45) is 2.75. The summed E-state index contributed by atoms with van der Waals surface area (Å²) >= 11 is 0. The van der Waals surface area contributed by atoms with Crippen LogP contribution in [-0.4, -0.2) is 11.5 Å². The third kappa shape index (κ3) is 4.07. The van der Waals surface area contributed by atoms with Crippen molar-refractivity contribution in [1.29, 1.82) is 0 Å². The lowest BCUT2D eigenvalue weighted by Crippen LogP contribution is -1.99. The molecule has 1 atom stereocenters. The van der Waals surface area contributed by atoms with E-state index in [-0.39, 0.29) is 6.61 Å². The summed E-state index contributed by atoms with van der Waals surface area (Å²) in [7, 11) is -4.06. The molecule has 1 unspecified atom stereocenters. The largest absolute Gasteiger partial charge is 0.527 e. The second-order valence-electron chi connectivity index (χ2n) is 4.58. The number of unbranched alkanes of at least 4 members (excludes halogenated alkanes) is 2. The molecule has 0 fully saturated rings. The number of benzene rings is 2. The van der Waals surface area contributed by atoms with Crippen molar-refractivity contribution in [2.45, 2.75) is 26.2 Å². The lowest BCUT2D eigenvalue weighted by molar-refractivity contribution is 0.200. The van der Waals surface area contributed by atoms with E-state index in [1.165, 1.54) is 0 Å². The molecule has 0 aliphatic heterocycles. The average molecular weight is 294 g/mol. The van der Waals surface area contributed by atoms with Crippen LogP contribution in [0.2, 0.25) is 0 Å². The van der Waals surface area contributed by atoms with Gasteiger partial charge in [0.05, 0.1) is 6.61 Å². The van der Waals surface area contributed by atoms with E-state index >= 15 is 0 Å². The van der Waals surface area contributed by atoms with Crippen LogP contribution in [0.15, 0.2) is 42.5 Å². The summed E-state index contributed by atoms with van der Waals surface area (Å²) in [6.45, 7) is 2.29. The maximum atomic E-state index is 11.9. The third-order valence-corrected chi connectivity index (χ3v) is 3.90. The number of phosphoric ester groups is 1. The zero-order valence-corrected chi connectivity index (χ0v) is 12.4. The molecule has 108 valence electrons. The lowest BCUT2D eigenvalue weighted by atomic mass is 10.1. The average Bonchev–Trinajstić information content (AvgIpc) is 2.44. The van der Waals surface area contributed by atoms with Crippen LogP contribution in [-0.2, 0) is 9.09 Å². The smallest absolute Gasteiger partial charge is 0.403 e. The van der Waals surface area contributed by atoms with Crippen molar-refractivity contribution in [3.05, 3.63) is 42.5 Å².